The minimum atomic E-state index is -2.64. The summed E-state index contributed by atoms with van der Waals surface area (Å²) in [5.41, 5.74) is 0. The van der Waals surface area contributed by atoms with Gasteiger partial charge in [-0.1, -0.05) is 103 Å². The predicted molar refractivity (Wildman–Crippen MR) is 92.4 cm³/mol. The molecule has 0 bridgehead atoms. The van der Waals surface area contributed by atoms with Gasteiger partial charge in [0, 0.05) is 6.61 Å². The number of hydrogen-bond donors (Lipinski definition) is 0. The van der Waals surface area contributed by atoms with Crippen molar-refractivity contribution in [3.8, 4) is 0 Å². The molecule has 0 saturated heterocycles. The molecule has 0 heterocycles. The Labute approximate surface area is 168 Å². The van der Waals surface area contributed by atoms with Crippen LogP contribution in [0.4, 0.5) is 0 Å². The van der Waals surface area contributed by atoms with Crippen LogP contribution >= 0.6 is 8.60 Å². The molecule has 0 aliphatic carbocycles. The van der Waals surface area contributed by atoms with Gasteiger partial charge in [-0.2, -0.15) is 8.60 Å². The van der Waals surface area contributed by atoms with E-state index in [2.05, 4.69) is 11.4 Å². The molecule has 0 saturated carbocycles. The SMILES string of the molecule is CCCCCCCCCCCCCCCCCCOP([O-])[O-].[Na+]. The first kappa shape index (κ1) is 26.5. The third-order valence-corrected chi connectivity index (χ3v) is 4.59. The van der Waals surface area contributed by atoms with Crippen molar-refractivity contribution < 1.29 is 43.9 Å². The van der Waals surface area contributed by atoms with Gasteiger partial charge in [0.25, 0.3) is 0 Å². The van der Waals surface area contributed by atoms with E-state index >= 15 is 0 Å². The van der Waals surface area contributed by atoms with Crippen molar-refractivity contribution in [1.82, 2.24) is 0 Å². The Balaban J connectivity index is 0. The Kier molecular flexibility index (Phi) is 26.9. The van der Waals surface area contributed by atoms with Crippen molar-refractivity contribution in [2.45, 2.75) is 110 Å². The van der Waals surface area contributed by atoms with Crippen LogP contribution in [0, 0.1) is 0 Å². The second kappa shape index (κ2) is 23.3. The molecule has 23 heavy (non-hydrogen) atoms. The summed E-state index contributed by atoms with van der Waals surface area (Å²) in [7, 11) is -2.64. The summed E-state index contributed by atoms with van der Waals surface area (Å²) in [5, 5.41) is 0. The van der Waals surface area contributed by atoms with E-state index in [1.54, 1.807) is 0 Å². The van der Waals surface area contributed by atoms with Gasteiger partial charge in [0.05, 0.1) is 0 Å². The first-order chi connectivity index (χ1) is 10.8. The summed E-state index contributed by atoms with van der Waals surface area (Å²) >= 11 is 0. The summed E-state index contributed by atoms with van der Waals surface area (Å²) in [6.45, 7) is 2.63. The van der Waals surface area contributed by atoms with Crippen molar-refractivity contribution >= 4 is 8.60 Å². The van der Waals surface area contributed by atoms with Crippen LogP contribution in [0.15, 0.2) is 0 Å². The summed E-state index contributed by atoms with van der Waals surface area (Å²) in [6.07, 6.45) is 21.2. The molecule has 0 fully saturated rings. The standard InChI is InChI=1S/C18H37O3P.Na/c1-2-3-4-5-6-7-8-9-10-11-12-13-14-15-16-17-18-21-22(19)20;/h2-18H2,1H3;/q-2;+1. The maximum Gasteiger partial charge on any atom is 1.00 e. The van der Waals surface area contributed by atoms with Crippen molar-refractivity contribution in [2.75, 3.05) is 6.61 Å². The van der Waals surface area contributed by atoms with Crippen LogP contribution in [-0.4, -0.2) is 6.61 Å². The molecule has 0 aliphatic rings. The number of hydrogen-bond acceptors (Lipinski definition) is 3. The molecular weight excluding hydrogens is 318 g/mol. The molecule has 0 atom stereocenters. The molecular formula is C18H37NaO3P-. The van der Waals surface area contributed by atoms with Crippen molar-refractivity contribution in [1.29, 1.82) is 0 Å². The van der Waals surface area contributed by atoms with E-state index in [-0.39, 0.29) is 29.6 Å². The quantitative estimate of drug-likeness (QED) is 0.215. The van der Waals surface area contributed by atoms with E-state index in [1.165, 1.54) is 89.9 Å². The van der Waals surface area contributed by atoms with Gasteiger partial charge in [-0.15, -0.1) is 0 Å². The minimum absolute atomic E-state index is 0. The van der Waals surface area contributed by atoms with Crippen LogP contribution in [0.2, 0.25) is 0 Å². The molecule has 5 heteroatoms. The fourth-order valence-corrected chi connectivity index (χ4v) is 3.07. The number of rotatable bonds is 18. The maximum atomic E-state index is 10.2. The second-order valence-corrected chi connectivity index (χ2v) is 7.07. The van der Waals surface area contributed by atoms with Gasteiger partial charge in [-0.3, -0.25) is 0 Å². The van der Waals surface area contributed by atoms with Gasteiger partial charge in [0.2, 0.25) is 0 Å². The Morgan fingerprint density at radius 2 is 0.870 bits per heavy atom. The maximum absolute atomic E-state index is 10.2. The Morgan fingerprint density at radius 1 is 0.565 bits per heavy atom. The summed E-state index contributed by atoms with van der Waals surface area (Å²) in [5.74, 6) is 0. The number of unbranched alkanes of at least 4 members (excludes halogenated alkanes) is 15. The second-order valence-electron chi connectivity index (χ2n) is 6.36. The van der Waals surface area contributed by atoms with Crippen LogP contribution in [0.3, 0.4) is 0 Å². The molecule has 0 rings (SSSR count). The molecule has 0 unspecified atom stereocenters. The third kappa shape index (κ3) is 25.7. The van der Waals surface area contributed by atoms with Crippen molar-refractivity contribution in [3.05, 3.63) is 0 Å². The van der Waals surface area contributed by atoms with Gasteiger partial charge < -0.3 is 14.3 Å². The smallest absolute Gasteiger partial charge is 0.820 e. The van der Waals surface area contributed by atoms with Gasteiger partial charge in [-0.25, -0.2) is 0 Å². The van der Waals surface area contributed by atoms with Crippen LogP contribution in [0.5, 0.6) is 0 Å². The fourth-order valence-electron chi connectivity index (χ4n) is 2.79. The monoisotopic (exact) mass is 355 g/mol. The summed E-state index contributed by atoms with van der Waals surface area (Å²) < 4.78 is 4.51. The molecule has 0 radical (unpaired) electrons. The van der Waals surface area contributed by atoms with E-state index < -0.39 is 8.60 Å². The van der Waals surface area contributed by atoms with Crippen LogP contribution in [-0.2, 0) is 4.52 Å². The first-order valence-electron chi connectivity index (χ1n) is 9.54. The van der Waals surface area contributed by atoms with E-state index in [0.29, 0.717) is 6.61 Å². The molecule has 0 aliphatic heterocycles. The van der Waals surface area contributed by atoms with Gasteiger partial charge in [-0.05, 0) is 6.42 Å². The zero-order chi connectivity index (χ0) is 16.3. The molecule has 0 aromatic carbocycles. The van der Waals surface area contributed by atoms with Crippen LogP contribution in [0.1, 0.15) is 110 Å². The van der Waals surface area contributed by atoms with E-state index in [9.17, 15) is 9.79 Å². The van der Waals surface area contributed by atoms with Gasteiger partial charge >= 0.3 is 29.6 Å². The molecule has 0 amide bonds. The Morgan fingerprint density at radius 3 is 1.17 bits per heavy atom. The molecule has 134 valence electrons. The van der Waals surface area contributed by atoms with Crippen molar-refractivity contribution in [3.63, 3.8) is 0 Å². The third-order valence-electron chi connectivity index (χ3n) is 4.19. The Hall–Kier alpha value is 1.31. The first-order valence-corrected chi connectivity index (χ1v) is 10.6. The zero-order valence-electron chi connectivity index (χ0n) is 15.7. The molecule has 3 nitrogen and oxygen atoms in total. The normalized spacial score (nSPS) is 11.0. The summed E-state index contributed by atoms with van der Waals surface area (Å²) in [6, 6.07) is 0. The van der Waals surface area contributed by atoms with Gasteiger partial charge in [0.1, 0.15) is 0 Å². The van der Waals surface area contributed by atoms with E-state index in [1.807, 2.05) is 0 Å². The van der Waals surface area contributed by atoms with E-state index in [0.717, 1.165) is 12.8 Å². The molecule has 0 N–H and O–H groups in total. The largest absolute Gasteiger partial charge is 1.00 e. The zero-order valence-corrected chi connectivity index (χ0v) is 18.6. The van der Waals surface area contributed by atoms with Crippen LogP contribution in [0.25, 0.3) is 0 Å². The minimum Gasteiger partial charge on any atom is -0.820 e. The van der Waals surface area contributed by atoms with Gasteiger partial charge in [0.15, 0.2) is 0 Å². The fraction of sp³-hybridized carbons (Fsp3) is 1.00. The van der Waals surface area contributed by atoms with Crippen molar-refractivity contribution in [2.24, 2.45) is 0 Å². The Bertz CT molecular complexity index is 207. The topological polar surface area (TPSA) is 55.3 Å². The molecule has 0 aromatic heterocycles. The predicted octanol–water partition coefficient (Wildman–Crippen LogP) is 2.22. The average Bonchev–Trinajstić information content (AvgIpc) is 2.50. The summed E-state index contributed by atoms with van der Waals surface area (Å²) in [4.78, 5) is 20.3. The van der Waals surface area contributed by atoms with Crippen LogP contribution < -0.4 is 39.3 Å². The van der Waals surface area contributed by atoms with E-state index in [4.69, 9.17) is 0 Å². The average molecular weight is 355 g/mol. The molecule has 0 spiro atoms. The molecule has 0 aromatic rings.